The van der Waals surface area contributed by atoms with Gasteiger partial charge in [0.25, 0.3) is 5.91 Å². The quantitative estimate of drug-likeness (QED) is 0.168. The first-order valence-corrected chi connectivity index (χ1v) is 13.9. The zero-order chi connectivity index (χ0) is 27.1. The van der Waals surface area contributed by atoms with E-state index in [4.69, 9.17) is 4.74 Å². The van der Waals surface area contributed by atoms with Gasteiger partial charge in [-0.15, -0.1) is 11.3 Å². The number of amides is 3. The molecule has 0 bridgehead atoms. The van der Waals surface area contributed by atoms with Gasteiger partial charge in [-0.25, -0.2) is 14.6 Å². The summed E-state index contributed by atoms with van der Waals surface area (Å²) in [5.41, 5.74) is 2.60. The minimum absolute atomic E-state index is 0.273. The average molecular weight is 535 g/mol. The summed E-state index contributed by atoms with van der Waals surface area (Å²) in [4.78, 5) is 47.3. The molecule has 3 aromatic rings. The highest BCUT2D eigenvalue weighted by Crippen LogP contribution is 2.28. The van der Waals surface area contributed by atoms with Crippen molar-refractivity contribution in [2.24, 2.45) is 0 Å². The number of methoxy groups -OCH3 is 1. The number of aryl methyl sites for hydroxylation is 1. The number of hydrogen-bond acceptors (Lipinski definition) is 6. The maximum Gasteiger partial charge on any atom is 0.337 e. The molecule has 0 N–H and O–H groups in total. The number of nitrogens with zero attached hydrogens (tertiary/aromatic N) is 4. The van der Waals surface area contributed by atoms with Crippen LogP contribution in [-0.4, -0.2) is 50.9 Å². The van der Waals surface area contributed by atoms with Gasteiger partial charge >= 0.3 is 12.0 Å². The molecule has 4 rings (SSSR count). The van der Waals surface area contributed by atoms with Crippen molar-refractivity contribution < 1.29 is 19.1 Å². The molecular formula is C29H34N4O4S. The Hall–Kier alpha value is -3.72. The van der Waals surface area contributed by atoms with Gasteiger partial charge in [-0.3, -0.25) is 14.6 Å². The lowest BCUT2D eigenvalue weighted by atomic mass is 10.1. The number of imide groups is 1. The van der Waals surface area contributed by atoms with Gasteiger partial charge in [0, 0.05) is 24.4 Å². The monoisotopic (exact) mass is 534 g/mol. The number of unbranched alkanes of at least 4 members (excludes halogenated alkanes) is 2. The van der Waals surface area contributed by atoms with Crippen molar-refractivity contribution in [3.8, 4) is 0 Å². The van der Waals surface area contributed by atoms with Crippen LogP contribution < -0.4 is 0 Å². The molecule has 0 radical (unpaired) electrons. The molecular weight excluding hydrogens is 500 g/mol. The van der Waals surface area contributed by atoms with Crippen molar-refractivity contribution in [2.45, 2.75) is 59.0 Å². The second-order valence-corrected chi connectivity index (χ2v) is 10.3. The third-order valence-electron chi connectivity index (χ3n) is 6.57. The number of carbonyl (C=O) groups excluding carboxylic acids is 3. The molecule has 9 heteroatoms. The maximum atomic E-state index is 13.5. The Morgan fingerprint density at radius 2 is 1.79 bits per heavy atom. The van der Waals surface area contributed by atoms with E-state index in [0.29, 0.717) is 30.9 Å². The van der Waals surface area contributed by atoms with Crippen molar-refractivity contribution in [2.75, 3.05) is 13.7 Å². The number of urea groups is 1. The Labute approximate surface area is 227 Å². The van der Waals surface area contributed by atoms with E-state index in [9.17, 15) is 14.4 Å². The largest absolute Gasteiger partial charge is 0.465 e. The molecule has 200 valence electrons. The van der Waals surface area contributed by atoms with Crippen LogP contribution in [0.15, 0.2) is 53.7 Å². The number of rotatable bonds is 12. The van der Waals surface area contributed by atoms with Crippen LogP contribution in [0.3, 0.4) is 0 Å². The van der Waals surface area contributed by atoms with Gasteiger partial charge in [-0.2, -0.15) is 0 Å². The van der Waals surface area contributed by atoms with Gasteiger partial charge in [-0.05, 0) is 48.1 Å². The highest BCUT2D eigenvalue weighted by molar-refractivity contribution is 7.09. The zero-order valence-electron chi connectivity index (χ0n) is 22.2. The Bertz CT molecular complexity index is 1290. The smallest absolute Gasteiger partial charge is 0.337 e. The van der Waals surface area contributed by atoms with Crippen LogP contribution in [0.5, 0.6) is 0 Å². The van der Waals surface area contributed by atoms with E-state index in [2.05, 4.69) is 16.5 Å². The first-order chi connectivity index (χ1) is 18.5. The van der Waals surface area contributed by atoms with Crippen LogP contribution in [0.25, 0.3) is 6.08 Å². The molecule has 1 aliphatic heterocycles. The Morgan fingerprint density at radius 3 is 2.45 bits per heavy atom. The summed E-state index contributed by atoms with van der Waals surface area (Å²) in [6, 6.07) is 10.9. The van der Waals surface area contributed by atoms with Crippen molar-refractivity contribution in [1.29, 1.82) is 0 Å². The highest BCUT2D eigenvalue weighted by Gasteiger charge is 2.40. The van der Waals surface area contributed by atoms with E-state index in [1.54, 1.807) is 40.6 Å². The molecule has 0 unspecified atom stereocenters. The molecule has 1 fully saturated rings. The van der Waals surface area contributed by atoms with E-state index in [1.807, 2.05) is 36.6 Å². The summed E-state index contributed by atoms with van der Waals surface area (Å²) < 4.78 is 6.90. The van der Waals surface area contributed by atoms with Gasteiger partial charge < -0.3 is 9.30 Å². The zero-order valence-corrected chi connectivity index (χ0v) is 23.0. The summed E-state index contributed by atoms with van der Waals surface area (Å²) in [5.74, 6) is 0.265. The lowest BCUT2D eigenvalue weighted by Gasteiger charge is -2.16. The van der Waals surface area contributed by atoms with Gasteiger partial charge in [0.05, 0.1) is 31.1 Å². The summed E-state index contributed by atoms with van der Waals surface area (Å²) >= 11 is 1.56. The second-order valence-electron chi connectivity index (χ2n) is 9.27. The molecule has 2 aromatic heterocycles. The number of imidazole rings is 1. The molecule has 38 heavy (non-hydrogen) atoms. The van der Waals surface area contributed by atoms with Crippen LogP contribution >= 0.6 is 11.3 Å². The molecule has 8 nitrogen and oxygen atoms in total. The maximum absolute atomic E-state index is 13.5. The van der Waals surface area contributed by atoms with E-state index in [1.165, 1.54) is 12.0 Å². The summed E-state index contributed by atoms with van der Waals surface area (Å²) in [6.07, 6.45) is 8.05. The first-order valence-electron chi connectivity index (χ1n) is 13.1. The number of aromatic nitrogens is 2. The molecule has 0 aliphatic carbocycles. The fourth-order valence-corrected chi connectivity index (χ4v) is 5.09. The lowest BCUT2D eigenvalue weighted by Crippen LogP contribution is -2.33. The number of esters is 1. The van der Waals surface area contributed by atoms with Crippen LogP contribution in [0.2, 0.25) is 0 Å². The van der Waals surface area contributed by atoms with Crippen molar-refractivity contribution in [3.63, 3.8) is 0 Å². The topological polar surface area (TPSA) is 84.7 Å². The molecule has 1 aromatic carbocycles. The third kappa shape index (κ3) is 6.05. The normalized spacial score (nSPS) is 14.7. The third-order valence-corrected chi connectivity index (χ3v) is 7.43. The summed E-state index contributed by atoms with van der Waals surface area (Å²) in [7, 11) is 1.36. The van der Waals surface area contributed by atoms with Gasteiger partial charge in [-0.1, -0.05) is 44.9 Å². The van der Waals surface area contributed by atoms with Crippen molar-refractivity contribution in [1.82, 2.24) is 19.4 Å². The van der Waals surface area contributed by atoms with Crippen LogP contribution in [-0.2, 0) is 29.0 Å². The number of hydrogen-bond donors (Lipinski definition) is 0. The highest BCUT2D eigenvalue weighted by atomic mass is 32.1. The van der Waals surface area contributed by atoms with Gasteiger partial charge in [0.1, 0.15) is 11.5 Å². The van der Waals surface area contributed by atoms with Crippen molar-refractivity contribution in [3.05, 3.63) is 81.2 Å². The molecule has 0 saturated carbocycles. The summed E-state index contributed by atoms with van der Waals surface area (Å²) in [6.45, 7) is 5.45. The SMILES string of the molecule is CCCCc1ncc(/C=C2/C(=O)N(CCCC)C(=O)N2Cc2cccs2)n1Cc1ccc(C(=O)OC)cc1. The molecule has 0 spiro atoms. The number of benzene rings is 1. The summed E-state index contributed by atoms with van der Waals surface area (Å²) in [5, 5.41) is 1.97. The molecule has 1 aliphatic rings. The Balaban J connectivity index is 1.70. The van der Waals surface area contributed by atoms with E-state index in [-0.39, 0.29) is 17.9 Å². The first kappa shape index (κ1) is 27.3. The fourth-order valence-electron chi connectivity index (χ4n) is 4.40. The standard InChI is InChI=1S/C29H34N4O4S/c1-4-6-10-26-30-18-23(32(26)19-21-11-13-22(14-12-21)28(35)37-3)17-25-27(34)31(15-7-5-2)29(36)33(25)20-24-9-8-16-38-24/h8-9,11-14,16-18H,4-7,10,15,19-20H2,1-3H3/b25-17-. The van der Waals surface area contributed by atoms with Crippen molar-refractivity contribution >= 4 is 35.3 Å². The minimum Gasteiger partial charge on any atom is -0.465 e. The van der Waals surface area contributed by atoms with Crippen LogP contribution in [0.4, 0.5) is 4.79 Å². The average Bonchev–Trinajstić information content (AvgIpc) is 3.63. The van der Waals surface area contributed by atoms with Crippen LogP contribution in [0.1, 0.15) is 71.8 Å². The Morgan fingerprint density at radius 1 is 1.03 bits per heavy atom. The predicted octanol–water partition coefficient (Wildman–Crippen LogP) is 5.73. The predicted molar refractivity (Wildman–Crippen MR) is 148 cm³/mol. The number of thiophene rings is 1. The number of carbonyl (C=O) groups is 3. The van der Waals surface area contributed by atoms with E-state index < -0.39 is 0 Å². The Kier molecular flexibility index (Phi) is 9.12. The molecule has 3 amide bonds. The molecule has 1 saturated heterocycles. The fraction of sp³-hybridized carbons (Fsp3) is 0.379. The van der Waals surface area contributed by atoms with Crippen LogP contribution in [0, 0.1) is 0 Å². The van der Waals surface area contributed by atoms with E-state index in [0.717, 1.165) is 54.1 Å². The lowest BCUT2D eigenvalue weighted by molar-refractivity contribution is -0.123. The second kappa shape index (κ2) is 12.7. The minimum atomic E-state index is -0.379. The molecule has 3 heterocycles. The number of ether oxygens (including phenoxy) is 1. The van der Waals surface area contributed by atoms with E-state index >= 15 is 0 Å². The van der Waals surface area contributed by atoms with Gasteiger partial charge in [0.15, 0.2) is 0 Å². The van der Waals surface area contributed by atoms with Gasteiger partial charge in [0.2, 0.25) is 0 Å². The molecule has 0 atom stereocenters.